The molecule has 1 aromatic heterocycles. The van der Waals surface area contributed by atoms with Crippen LogP contribution < -0.4 is 10.6 Å². The first kappa shape index (κ1) is 19.6. The Bertz CT molecular complexity index is 965. The highest BCUT2D eigenvalue weighted by atomic mass is 32.1. The van der Waals surface area contributed by atoms with Crippen molar-refractivity contribution in [3.63, 3.8) is 0 Å². The van der Waals surface area contributed by atoms with Crippen molar-refractivity contribution in [2.24, 2.45) is 0 Å². The lowest BCUT2D eigenvalue weighted by molar-refractivity contribution is -0.113. The standard InChI is InChI=1S/C19H20N4O4S/c1-10-9-14(22-27-10)20-17(24)15-11(2)23(3)19(28)21-16(15)12-5-7-13(8-6-12)18(25)26-4/h5-9,16H,1-4H3,(H,21,28)(H,20,22,24)/t16-/m1/s1. The third-order valence-electron chi connectivity index (χ3n) is 4.53. The molecule has 0 fully saturated rings. The summed E-state index contributed by atoms with van der Waals surface area (Å²) in [7, 11) is 3.11. The number of hydrogen-bond acceptors (Lipinski definition) is 6. The number of nitrogens with one attached hydrogen (secondary N) is 2. The molecule has 2 N–H and O–H groups in total. The van der Waals surface area contributed by atoms with Crippen LogP contribution >= 0.6 is 12.2 Å². The second kappa shape index (κ2) is 7.81. The van der Waals surface area contributed by atoms with Crippen molar-refractivity contribution in [1.29, 1.82) is 0 Å². The molecule has 1 aromatic carbocycles. The van der Waals surface area contributed by atoms with Crippen LogP contribution in [0.15, 0.2) is 46.1 Å². The molecule has 146 valence electrons. The summed E-state index contributed by atoms with van der Waals surface area (Å²) in [5, 5.41) is 10.2. The molecule has 1 amide bonds. The van der Waals surface area contributed by atoms with Gasteiger partial charge in [0, 0.05) is 18.8 Å². The van der Waals surface area contributed by atoms with Gasteiger partial charge in [-0.3, -0.25) is 4.79 Å². The molecule has 0 bridgehead atoms. The molecule has 0 unspecified atom stereocenters. The van der Waals surface area contributed by atoms with Gasteiger partial charge < -0.3 is 24.8 Å². The number of carbonyl (C=O) groups is 2. The van der Waals surface area contributed by atoms with E-state index >= 15 is 0 Å². The molecule has 28 heavy (non-hydrogen) atoms. The molecule has 0 spiro atoms. The number of methoxy groups -OCH3 is 1. The van der Waals surface area contributed by atoms with Crippen molar-refractivity contribution >= 4 is 35.0 Å². The number of amides is 1. The molecule has 0 saturated carbocycles. The minimum Gasteiger partial charge on any atom is -0.465 e. The summed E-state index contributed by atoms with van der Waals surface area (Å²) in [6.45, 7) is 3.57. The Hall–Kier alpha value is -3.20. The van der Waals surface area contributed by atoms with E-state index < -0.39 is 12.0 Å². The quantitative estimate of drug-likeness (QED) is 0.597. The Kier molecular flexibility index (Phi) is 5.46. The van der Waals surface area contributed by atoms with E-state index in [4.69, 9.17) is 21.5 Å². The number of aryl methyl sites for hydroxylation is 1. The topological polar surface area (TPSA) is 96.7 Å². The first-order chi connectivity index (χ1) is 13.3. The minimum atomic E-state index is -0.483. The number of thiocarbonyl (C=S) groups is 1. The lowest BCUT2D eigenvalue weighted by Gasteiger charge is -2.35. The van der Waals surface area contributed by atoms with E-state index in [-0.39, 0.29) is 5.91 Å². The molecule has 9 heteroatoms. The van der Waals surface area contributed by atoms with Crippen molar-refractivity contribution in [3.8, 4) is 0 Å². The number of nitrogens with zero attached hydrogens (tertiary/aromatic N) is 2. The van der Waals surface area contributed by atoms with Crippen LogP contribution in [-0.2, 0) is 9.53 Å². The smallest absolute Gasteiger partial charge is 0.337 e. The Labute approximate surface area is 167 Å². The van der Waals surface area contributed by atoms with Gasteiger partial charge in [0.25, 0.3) is 5.91 Å². The van der Waals surface area contributed by atoms with E-state index in [1.54, 1.807) is 49.2 Å². The first-order valence-corrected chi connectivity index (χ1v) is 8.90. The maximum Gasteiger partial charge on any atom is 0.337 e. The summed E-state index contributed by atoms with van der Waals surface area (Å²) < 4.78 is 9.73. The molecule has 8 nitrogen and oxygen atoms in total. The van der Waals surface area contributed by atoms with Crippen molar-refractivity contribution in [2.75, 3.05) is 19.5 Å². The third-order valence-corrected chi connectivity index (χ3v) is 4.93. The predicted octanol–water partition coefficient (Wildman–Crippen LogP) is 2.54. The third kappa shape index (κ3) is 3.74. The van der Waals surface area contributed by atoms with Crippen LogP contribution in [0.4, 0.5) is 5.82 Å². The first-order valence-electron chi connectivity index (χ1n) is 8.49. The van der Waals surface area contributed by atoms with Gasteiger partial charge in [-0.15, -0.1) is 0 Å². The van der Waals surface area contributed by atoms with E-state index in [0.29, 0.717) is 33.5 Å². The largest absolute Gasteiger partial charge is 0.465 e. The van der Waals surface area contributed by atoms with Gasteiger partial charge in [-0.1, -0.05) is 17.3 Å². The van der Waals surface area contributed by atoms with Gasteiger partial charge in [-0.25, -0.2) is 4.79 Å². The number of anilines is 1. The van der Waals surface area contributed by atoms with E-state index in [2.05, 4.69) is 15.8 Å². The van der Waals surface area contributed by atoms with Gasteiger partial charge in [-0.05, 0) is 43.8 Å². The number of hydrogen-bond donors (Lipinski definition) is 2. The average molecular weight is 400 g/mol. The van der Waals surface area contributed by atoms with Gasteiger partial charge in [0.15, 0.2) is 10.9 Å². The molecular formula is C19H20N4O4S. The fourth-order valence-electron chi connectivity index (χ4n) is 2.92. The Morgan fingerprint density at radius 2 is 1.96 bits per heavy atom. The highest BCUT2D eigenvalue weighted by Gasteiger charge is 2.33. The zero-order valence-electron chi connectivity index (χ0n) is 15.9. The van der Waals surface area contributed by atoms with Crippen molar-refractivity contribution < 1.29 is 18.8 Å². The Balaban J connectivity index is 1.96. The lowest BCUT2D eigenvalue weighted by Crippen LogP contribution is -2.46. The molecule has 2 heterocycles. The molecule has 1 aliphatic rings. The maximum atomic E-state index is 13.0. The van der Waals surface area contributed by atoms with E-state index in [9.17, 15) is 9.59 Å². The van der Waals surface area contributed by atoms with Gasteiger partial charge in [0.2, 0.25) is 0 Å². The summed E-state index contributed by atoms with van der Waals surface area (Å²) in [5.41, 5.74) is 2.40. The number of carbonyl (C=O) groups excluding carboxylic acids is 2. The van der Waals surface area contributed by atoms with Crippen molar-refractivity contribution in [2.45, 2.75) is 19.9 Å². The van der Waals surface area contributed by atoms with E-state index in [1.807, 2.05) is 6.92 Å². The molecular weight excluding hydrogens is 380 g/mol. The molecule has 1 aliphatic heterocycles. The van der Waals surface area contributed by atoms with Crippen LogP contribution in [0.2, 0.25) is 0 Å². The van der Waals surface area contributed by atoms with Crippen molar-refractivity contribution in [3.05, 3.63) is 58.5 Å². The summed E-state index contributed by atoms with van der Waals surface area (Å²) in [5.74, 6) is 0.175. The number of esters is 1. The number of ether oxygens (including phenoxy) is 1. The van der Waals surface area contributed by atoms with Crippen LogP contribution in [0.3, 0.4) is 0 Å². The predicted molar refractivity (Wildman–Crippen MR) is 107 cm³/mol. The zero-order valence-corrected chi connectivity index (χ0v) is 16.7. The number of aromatic nitrogens is 1. The van der Waals surface area contributed by atoms with E-state index in [0.717, 1.165) is 5.56 Å². The van der Waals surface area contributed by atoms with Gasteiger partial charge >= 0.3 is 5.97 Å². The normalized spacial score (nSPS) is 16.6. The Morgan fingerprint density at radius 1 is 1.29 bits per heavy atom. The fourth-order valence-corrected chi connectivity index (χ4v) is 3.17. The molecule has 0 aliphatic carbocycles. The second-order valence-corrected chi connectivity index (χ2v) is 6.72. The zero-order chi connectivity index (χ0) is 20.4. The number of rotatable bonds is 4. The minimum absolute atomic E-state index is 0.324. The van der Waals surface area contributed by atoms with Crippen LogP contribution in [0, 0.1) is 6.92 Å². The summed E-state index contributed by atoms with van der Waals surface area (Å²) in [6, 6.07) is 7.98. The Morgan fingerprint density at radius 3 is 2.54 bits per heavy atom. The second-order valence-electron chi connectivity index (χ2n) is 6.33. The highest BCUT2D eigenvalue weighted by Crippen LogP contribution is 2.31. The maximum absolute atomic E-state index is 13.0. The molecule has 2 aromatic rings. The average Bonchev–Trinajstić information content (AvgIpc) is 3.09. The lowest BCUT2D eigenvalue weighted by atomic mass is 9.93. The van der Waals surface area contributed by atoms with Crippen LogP contribution in [0.25, 0.3) is 0 Å². The SMILES string of the molecule is COC(=O)c1ccc([C@H]2NC(=S)N(C)C(C)=C2C(=O)Nc2cc(C)on2)cc1. The highest BCUT2D eigenvalue weighted by molar-refractivity contribution is 7.80. The van der Waals surface area contributed by atoms with Gasteiger partial charge in [-0.2, -0.15) is 0 Å². The number of benzene rings is 1. The fraction of sp³-hybridized carbons (Fsp3) is 0.263. The van der Waals surface area contributed by atoms with Gasteiger partial charge in [0.1, 0.15) is 5.76 Å². The number of allylic oxidation sites excluding steroid dienone is 1. The van der Waals surface area contributed by atoms with Crippen molar-refractivity contribution in [1.82, 2.24) is 15.4 Å². The summed E-state index contributed by atoms with van der Waals surface area (Å²) in [6.07, 6.45) is 0. The molecule has 0 saturated heterocycles. The summed E-state index contributed by atoms with van der Waals surface area (Å²) >= 11 is 5.39. The molecule has 0 radical (unpaired) electrons. The van der Waals surface area contributed by atoms with Crippen LogP contribution in [0.5, 0.6) is 0 Å². The van der Waals surface area contributed by atoms with Gasteiger partial charge in [0.05, 0.1) is 24.3 Å². The summed E-state index contributed by atoms with van der Waals surface area (Å²) in [4.78, 5) is 26.4. The van der Waals surface area contributed by atoms with E-state index in [1.165, 1.54) is 7.11 Å². The van der Waals surface area contributed by atoms with Crippen LogP contribution in [0.1, 0.15) is 34.6 Å². The van der Waals surface area contributed by atoms with Crippen LogP contribution in [-0.4, -0.2) is 41.2 Å². The molecule has 3 rings (SSSR count). The monoisotopic (exact) mass is 400 g/mol. The molecule has 1 atom stereocenters.